The quantitative estimate of drug-likeness (QED) is 0.403. The second-order valence-corrected chi connectivity index (χ2v) is 14.8. The largest absolute Gasteiger partial charge is 0.470 e. The number of rotatable bonds is 3. The van der Waals surface area contributed by atoms with Crippen molar-refractivity contribution in [3.63, 3.8) is 0 Å². The van der Waals surface area contributed by atoms with Crippen LogP contribution in [0.1, 0.15) is 62.5 Å². The molecule has 3 heterocycles. The molecule has 1 aromatic heterocycles. The molecule has 2 amide bonds. The van der Waals surface area contributed by atoms with Crippen LogP contribution in [0.3, 0.4) is 0 Å². The highest BCUT2D eigenvalue weighted by atomic mass is 32.2. The first-order chi connectivity index (χ1) is 21.1. The molecule has 0 saturated carbocycles. The fraction of sp³-hybridized carbons (Fsp3) is 0.455. The Balaban J connectivity index is 1.71. The molecule has 1 saturated heterocycles. The summed E-state index contributed by atoms with van der Waals surface area (Å²) in [6.07, 6.45) is -0.651. The summed E-state index contributed by atoms with van der Waals surface area (Å²) in [5, 5.41) is 0. The van der Waals surface area contributed by atoms with Gasteiger partial charge in [-0.15, -0.1) is 0 Å². The summed E-state index contributed by atoms with van der Waals surface area (Å²) in [5.41, 5.74) is 2.66. The van der Waals surface area contributed by atoms with Gasteiger partial charge < -0.3 is 14.4 Å². The smallest absolute Gasteiger partial charge is 0.410 e. The first-order valence-electron chi connectivity index (χ1n) is 15.2. The molecule has 12 heteroatoms. The first-order valence-corrected chi connectivity index (χ1v) is 16.6. The highest BCUT2D eigenvalue weighted by Gasteiger charge is 2.40. The van der Waals surface area contributed by atoms with Crippen LogP contribution in [0, 0.1) is 19.8 Å². The van der Waals surface area contributed by atoms with Gasteiger partial charge >= 0.3 is 6.09 Å². The average Bonchev–Trinajstić information content (AvgIpc) is 3.10. The van der Waals surface area contributed by atoms with E-state index in [9.17, 15) is 18.0 Å². The number of nitrogens with one attached hydrogen (secondary N) is 1. The molecular formula is C33H41N5O6S. The Labute approximate surface area is 265 Å². The maximum atomic E-state index is 13.9. The summed E-state index contributed by atoms with van der Waals surface area (Å²) < 4.78 is 42.0. The Morgan fingerprint density at radius 1 is 1.07 bits per heavy atom. The molecule has 2 aliphatic heterocycles. The number of carbonyl (C=O) groups excluding carboxylic acids is 2. The van der Waals surface area contributed by atoms with Gasteiger partial charge in [0.1, 0.15) is 11.7 Å². The molecule has 11 nitrogen and oxygen atoms in total. The molecular weight excluding hydrogens is 594 g/mol. The molecule has 1 N–H and O–H groups in total. The van der Waals surface area contributed by atoms with Crippen molar-refractivity contribution in [3.8, 4) is 17.1 Å². The number of fused-ring (bicyclic) bond motifs is 6. The van der Waals surface area contributed by atoms with Crippen LogP contribution >= 0.6 is 0 Å². The predicted octanol–water partition coefficient (Wildman–Crippen LogP) is 5.43. The molecule has 2 aliphatic rings. The normalized spacial score (nSPS) is 19.8. The molecule has 2 aromatic carbocycles. The third-order valence-electron chi connectivity index (χ3n) is 7.80. The topological polar surface area (TPSA) is 131 Å². The van der Waals surface area contributed by atoms with Gasteiger partial charge in [-0.2, -0.15) is 4.98 Å². The van der Waals surface area contributed by atoms with Gasteiger partial charge in [0, 0.05) is 30.3 Å². The summed E-state index contributed by atoms with van der Waals surface area (Å²) in [6.45, 7) is 14.0. The van der Waals surface area contributed by atoms with E-state index in [-0.39, 0.29) is 53.7 Å². The van der Waals surface area contributed by atoms with Crippen LogP contribution in [-0.4, -0.2) is 77.6 Å². The van der Waals surface area contributed by atoms with Crippen LogP contribution in [0.5, 0.6) is 5.88 Å². The van der Waals surface area contributed by atoms with Gasteiger partial charge in [-0.1, -0.05) is 38.1 Å². The van der Waals surface area contributed by atoms with Gasteiger partial charge in [0.2, 0.25) is 11.8 Å². The molecule has 240 valence electrons. The SMILES string of the molecule is Cc1cccc(C)c1-c1cc2nc(n1)NS(=O)(=O)c1cccc(c1)C(=O)N1CCN(C(=O)OC(C)(C)C)[C@H](CC(C)C)[C@H](C1)O2. The Morgan fingerprint density at radius 2 is 1.76 bits per heavy atom. The molecule has 0 unspecified atom stereocenters. The molecule has 3 aromatic rings. The lowest BCUT2D eigenvalue weighted by atomic mass is 9.97. The molecule has 0 radical (unpaired) electrons. The number of hydrogen-bond acceptors (Lipinski definition) is 8. The highest BCUT2D eigenvalue weighted by molar-refractivity contribution is 7.92. The summed E-state index contributed by atoms with van der Waals surface area (Å²) >= 11 is 0. The molecule has 45 heavy (non-hydrogen) atoms. The lowest BCUT2D eigenvalue weighted by Gasteiger charge is -2.36. The Bertz CT molecular complexity index is 1700. The molecule has 1 fully saturated rings. The van der Waals surface area contributed by atoms with E-state index in [1.54, 1.807) is 21.9 Å². The predicted molar refractivity (Wildman–Crippen MR) is 171 cm³/mol. The van der Waals surface area contributed by atoms with Crippen molar-refractivity contribution in [2.24, 2.45) is 5.92 Å². The second-order valence-electron chi connectivity index (χ2n) is 13.1. The van der Waals surface area contributed by atoms with Crippen molar-refractivity contribution in [2.45, 2.75) is 77.5 Å². The summed E-state index contributed by atoms with van der Waals surface area (Å²) in [7, 11) is -4.17. The van der Waals surface area contributed by atoms with Crippen LogP contribution in [-0.2, 0) is 14.8 Å². The van der Waals surface area contributed by atoms with Crippen molar-refractivity contribution in [1.29, 1.82) is 0 Å². The highest BCUT2D eigenvalue weighted by Crippen LogP contribution is 2.32. The van der Waals surface area contributed by atoms with Gasteiger partial charge in [-0.05, 0) is 76.3 Å². The Kier molecular flexibility index (Phi) is 8.81. The fourth-order valence-electron chi connectivity index (χ4n) is 5.83. The molecule has 5 rings (SSSR count). The van der Waals surface area contributed by atoms with E-state index in [0.717, 1.165) is 16.7 Å². The number of anilines is 1. The van der Waals surface area contributed by atoms with E-state index in [1.165, 1.54) is 18.2 Å². The van der Waals surface area contributed by atoms with E-state index in [2.05, 4.69) is 28.5 Å². The molecule has 0 aliphatic carbocycles. The number of aryl methyl sites for hydroxylation is 2. The zero-order valence-electron chi connectivity index (χ0n) is 26.8. The van der Waals surface area contributed by atoms with E-state index in [4.69, 9.17) is 9.47 Å². The van der Waals surface area contributed by atoms with Gasteiger partial charge in [-0.3, -0.25) is 9.69 Å². The number of aromatic nitrogens is 2. The number of nitrogens with zero attached hydrogens (tertiary/aromatic N) is 4. The molecule has 0 spiro atoms. The van der Waals surface area contributed by atoms with E-state index in [0.29, 0.717) is 12.1 Å². The zero-order chi connectivity index (χ0) is 32.7. The minimum Gasteiger partial charge on any atom is -0.470 e. The van der Waals surface area contributed by atoms with Crippen LogP contribution < -0.4 is 9.46 Å². The van der Waals surface area contributed by atoms with Crippen LogP contribution in [0.15, 0.2) is 53.4 Å². The maximum Gasteiger partial charge on any atom is 0.410 e. The van der Waals surface area contributed by atoms with Crippen molar-refractivity contribution < 1.29 is 27.5 Å². The van der Waals surface area contributed by atoms with Crippen LogP contribution in [0.2, 0.25) is 0 Å². The number of ether oxygens (including phenoxy) is 2. The van der Waals surface area contributed by atoms with Crippen molar-refractivity contribution in [1.82, 2.24) is 19.8 Å². The number of benzene rings is 2. The number of hydrogen-bond donors (Lipinski definition) is 1. The fourth-order valence-corrected chi connectivity index (χ4v) is 6.81. The van der Waals surface area contributed by atoms with Gasteiger partial charge in [0.05, 0.1) is 23.2 Å². The lowest BCUT2D eigenvalue weighted by molar-refractivity contribution is -0.000141. The summed E-state index contributed by atoms with van der Waals surface area (Å²) in [5.74, 6) is -0.257. The van der Waals surface area contributed by atoms with Crippen molar-refractivity contribution in [2.75, 3.05) is 24.4 Å². The molecule has 6 bridgehead atoms. The molecule has 2 atom stereocenters. The van der Waals surface area contributed by atoms with Gasteiger partial charge in [0.25, 0.3) is 15.9 Å². The number of carbonyl (C=O) groups is 2. The monoisotopic (exact) mass is 635 g/mol. The summed E-state index contributed by atoms with van der Waals surface area (Å²) in [6, 6.07) is 12.9. The lowest BCUT2D eigenvalue weighted by Crippen LogP contribution is -2.51. The minimum absolute atomic E-state index is 0.101. The van der Waals surface area contributed by atoms with Crippen LogP contribution in [0.4, 0.5) is 10.7 Å². The summed E-state index contributed by atoms with van der Waals surface area (Å²) in [4.78, 5) is 39.8. The first kappa shape index (κ1) is 32.2. The third-order valence-corrected chi connectivity index (χ3v) is 9.12. The van der Waals surface area contributed by atoms with E-state index in [1.807, 2.05) is 52.8 Å². The number of amides is 2. The van der Waals surface area contributed by atoms with E-state index >= 15 is 0 Å². The maximum absolute atomic E-state index is 13.9. The Hall–Kier alpha value is -4.19. The van der Waals surface area contributed by atoms with Gasteiger partial charge in [0.15, 0.2) is 0 Å². The Morgan fingerprint density at radius 3 is 2.42 bits per heavy atom. The standard InChI is InChI=1S/C33H41N5O6S/c1-20(2)16-26-27-19-37(14-15-38(26)32(40)44-33(5,6)7)30(39)23-12-9-13-24(17-23)45(41,42)36-31-34-25(18-28(35-31)43-27)29-21(3)10-8-11-22(29)4/h8-13,17-18,20,26-27H,14-16,19H2,1-7H3,(H,34,35,36)/t26-,27+/m1/s1. The minimum atomic E-state index is -4.17. The second kappa shape index (κ2) is 12.3. The van der Waals surface area contributed by atoms with Gasteiger partial charge in [-0.25, -0.2) is 22.9 Å². The van der Waals surface area contributed by atoms with Crippen molar-refractivity contribution in [3.05, 3.63) is 65.2 Å². The average molecular weight is 636 g/mol. The number of sulfonamides is 1. The van der Waals surface area contributed by atoms with Crippen molar-refractivity contribution >= 4 is 28.0 Å². The third kappa shape index (κ3) is 7.22. The zero-order valence-corrected chi connectivity index (χ0v) is 27.6. The van der Waals surface area contributed by atoms with Crippen LogP contribution in [0.25, 0.3) is 11.3 Å². The van der Waals surface area contributed by atoms with E-state index < -0.39 is 33.9 Å².